The van der Waals surface area contributed by atoms with Gasteiger partial charge in [0.05, 0.1) is 10.0 Å². The molecule has 0 aliphatic heterocycles. The van der Waals surface area contributed by atoms with E-state index in [9.17, 15) is 9.59 Å². The Morgan fingerprint density at radius 1 is 1.35 bits per heavy atom. The summed E-state index contributed by atoms with van der Waals surface area (Å²) in [6.07, 6.45) is 3.08. The second-order valence-electron chi connectivity index (χ2n) is 5.79. The summed E-state index contributed by atoms with van der Waals surface area (Å²) in [6.45, 7) is -0.0619. The van der Waals surface area contributed by atoms with Crippen molar-refractivity contribution in [1.29, 1.82) is 0 Å². The molecule has 1 aromatic carbocycles. The number of rotatable bonds is 4. The van der Waals surface area contributed by atoms with Gasteiger partial charge in [0.25, 0.3) is 0 Å². The molecule has 0 radical (unpaired) electrons. The number of nitrogens with zero attached hydrogens (tertiary/aromatic N) is 3. The fourth-order valence-electron chi connectivity index (χ4n) is 2.71. The Bertz CT molecular complexity index is 793. The van der Waals surface area contributed by atoms with Crippen molar-refractivity contribution in [3.05, 3.63) is 50.6 Å². The molecule has 1 amide bonds. The summed E-state index contributed by atoms with van der Waals surface area (Å²) in [7, 11) is 1.59. The lowest BCUT2D eigenvalue weighted by molar-refractivity contribution is -0.123. The van der Waals surface area contributed by atoms with E-state index < -0.39 is 0 Å². The number of carbonyl (C=O) groups excluding carboxylic acids is 1. The van der Waals surface area contributed by atoms with Crippen molar-refractivity contribution < 1.29 is 4.79 Å². The Morgan fingerprint density at radius 3 is 2.70 bits per heavy atom. The SMILES string of the molecule is Cn1cnn(CC(=O)NC2CC(c3ccc(Cl)c(Cl)c3)C2)c1=O. The number of amides is 1. The molecule has 0 unspecified atom stereocenters. The van der Waals surface area contributed by atoms with Gasteiger partial charge in [0.2, 0.25) is 5.91 Å². The van der Waals surface area contributed by atoms with Crippen molar-refractivity contribution in [1.82, 2.24) is 19.7 Å². The van der Waals surface area contributed by atoms with Crippen molar-refractivity contribution >= 4 is 29.1 Å². The summed E-state index contributed by atoms with van der Waals surface area (Å²) < 4.78 is 2.47. The number of halogens is 2. The van der Waals surface area contributed by atoms with Crippen molar-refractivity contribution in [3.63, 3.8) is 0 Å². The fraction of sp³-hybridized carbons (Fsp3) is 0.400. The first-order valence-electron chi connectivity index (χ1n) is 7.27. The first kappa shape index (κ1) is 16.1. The molecule has 0 bridgehead atoms. The molecule has 1 aliphatic rings. The quantitative estimate of drug-likeness (QED) is 0.912. The minimum atomic E-state index is -0.303. The van der Waals surface area contributed by atoms with Gasteiger partial charge in [-0.05, 0) is 36.5 Å². The highest BCUT2D eigenvalue weighted by molar-refractivity contribution is 6.42. The smallest absolute Gasteiger partial charge is 0.345 e. The van der Waals surface area contributed by atoms with E-state index in [0.29, 0.717) is 16.0 Å². The number of benzene rings is 1. The van der Waals surface area contributed by atoms with Crippen LogP contribution in [0.4, 0.5) is 0 Å². The molecule has 1 aliphatic carbocycles. The highest BCUT2D eigenvalue weighted by Gasteiger charge is 2.31. The third-order valence-electron chi connectivity index (χ3n) is 4.10. The molecule has 1 N–H and O–H groups in total. The molecule has 0 spiro atoms. The van der Waals surface area contributed by atoms with E-state index in [1.807, 2.05) is 12.1 Å². The highest BCUT2D eigenvalue weighted by atomic mass is 35.5. The molecule has 6 nitrogen and oxygen atoms in total. The van der Waals surface area contributed by atoms with Crippen molar-refractivity contribution in [2.24, 2.45) is 7.05 Å². The van der Waals surface area contributed by atoms with Crippen LogP contribution in [0.1, 0.15) is 24.3 Å². The monoisotopic (exact) mass is 354 g/mol. The van der Waals surface area contributed by atoms with Gasteiger partial charge in [-0.25, -0.2) is 9.48 Å². The second kappa shape index (κ2) is 6.37. The van der Waals surface area contributed by atoms with Crippen molar-refractivity contribution in [2.75, 3.05) is 0 Å². The summed E-state index contributed by atoms with van der Waals surface area (Å²) in [6, 6.07) is 5.74. The normalized spacial score (nSPS) is 20.1. The van der Waals surface area contributed by atoms with Crippen LogP contribution in [0.25, 0.3) is 0 Å². The molecule has 122 valence electrons. The van der Waals surface area contributed by atoms with Gasteiger partial charge in [-0.1, -0.05) is 29.3 Å². The maximum Gasteiger partial charge on any atom is 0.345 e. The average molecular weight is 355 g/mol. The van der Waals surface area contributed by atoms with Gasteiger partial charge in [-0.15, -0.1) is 0 Å². The van der Waals surface area contributed by atoms with E-state index in [1.54, 1.807) is 13.1 Å². The number of carbonyl (C=O) groups is 1. The number of aryl methyl sites for hydroxylation is 1. The molecule has 3 rings (SSSR count). The van der Waals surface area contributed by atoms with E-state index in [4.69, 9.17) is 23.2 Å². The van der Waals surface area contributed by atoms with E-state index in [2.05, 4.69) is 10.4 Å². The fourth-order valence-corrected chi connectivity index (χ4v) is 3.02. The van der Waals surface area contributed by atoms with E-state index in [0.717, 1.165) is 23.1 Å². The Morgan fingerprint density at radius 2 is 2.09 bits per heavy atom. The van der Waals surface area contributed by atoms with Gasteiger partial charge >= 0.3 is 5.69 Å². The highest BCUT2D eigenvalue weighted by Crippen LogP contribution is 2.38. The zero-order valence-electron chi connectivity index (χ0n) is 12.5. The van der Waals surface area contributed by atoms with Gasteiger partial charge in [0.1, 0.15) is 12.9 Å². The van der Waals surface area contributed by atoms with Gasteiger partial charge in [-0.3, -0.25) is 9.36 Å². The summed E-state index contributed by atoms with van der Waals surface area (Å²) in [5.41, 5.74) is 0.827. The maximum absolute atomic E-state index is 12.0. The summed E-state index contributed by atoms with van der Waals surface area (Å²) in [5, 5.41) is 7.88. The minimum absolute atomic E-state index is 0.0619. The summed E-state index contributed by atoms with van der Waals surface area (Å²) in [5.74, 6) is 0.163. The van der Waals surface area contributed by atoms with Crippen LogP contribution in [0.5, 0.6) is 0 Å². The van der Waals surface area contributed by atoms with Crippen LogP contribution in [0.2, 0.25) is 10.0 Å². The Kier molecular flexibility index (Phi) is 4.46. The predicted octanol–water partition coefficient (Wildman–Crippen LogP) is 1.95. The van der Waals surface area contributed by atoms with Crippen LogP contribution in [0, 0.1) is 0 Å². The zero-order chi connectivity index (χ0) is 16.6. The lowest BCUT2D eigenvalue weighted by Crippen LogP contribution is -2.45. The van der Waals surface area contributed by atoms with Crippen LogP contribution in [-0.4, -0.2) is 26.3 Å². The average Bonchev–Trinajstić information content (AvgIpc) is 2.77. The minimum Gasteiger partial charge on any atom is -0.352 e. The van der Waals surface area contributed by atoms with Crippen LogP contribution < -0.4 is 11.0 Å². The maximum atomic E-state index is 12.0. The Hall–Kier alpha value is -1.79. The first-order chi connectivity index (χ1) is 10.9. The Balaban J connectivity index is 1.52. The van der Waals surface area contributed by atoms with Crippen molar-refractivity contribution in [2.45, 2.75) is 31.3 Å². The molecule has 23 heavy (non-hydrogen) atoms. The molecule has 2 aromatic rings. The molecule has 1 saturated carbocycles. The van der Waals surface area contributed by atoms with Gasteiger partial charge in [0.15, 0.2) is 0 Å². The second-order valence-corrected chi connectivity index (χ2v) is 6.60. The van der Waals surface area contributed by atoms with Gasteiger partial charge < -0.3 is 5.32 Å². The lowest BCUT2D eigenvalue weighted by Gasteiger charge is -2.36. The van der Waals surface area contributed by atoms with Crippen LogP contribution in [0.15, 0.2) is 29.3 Å². The van der Waals surface area contributed by atoms with E-state index in [1.165, 1.54) is 10.9 Å². The molecule has 1 fully saturated rings. The molecular weight excluding hydrogens is 339 g/mol. The summed E-state index contributed by atoms with van der Waals surface area (Å²) >= 11 is 11.9. The van der Waals surface area contributed by atoms with Crippen LogP contribution >= 0.6 is 23.2 Å². The molecule has 0 saturated heterocycles. The molecule has 1 aromatic heterocycles. The molecular formula is C15H16Cl2N4O2. The van der Waals surface area contributed by atoms with Crippen molar-refractivity contribution in [3.8, 4) is 0 Å². The number of aromatic nitrogens is 3. The third-order valence-corrected chi connectivity index (χ3v) is 4.84. The summed E-state index contributed by atoms with van der Waals surface area (Å²) in [4.78, 5) is 23.6. The number of hydrogen-bond donors (Lipinski definition) is 1. The van der Waals surface area contributed by atoms with Crippen LogP contribution in [0.3, 0.4) is 0 Å². The zero-order valence-corrected chi connectivity index (χ0v) is 14.0. The molecule has 0 atom stereocenters. The standard InChI is InChI=1S/C15H16Cl2N4O2/c1-20-8-18-21(15(20)23)7-14(22)19-11-4-10(5-11)9-2-3-12(16)13(17)6-9/h2-3,6,8,10-11H,4-5,7H2,1H3,(H,19,22). The van der Waals surface area contributed by atoms with Gasteiger partial charge in [0, 0.05) is 13.1 Å². The van der Waals surface area contributed by atoms with E-state index in [-0.39, 0.29) is 24.2 Å². The topological polar surface area (TPSA) is 68.9 Å². The first-order valence-corrected chi connectivity index (χ1v) is 8.02. The molecule has 8 heteroatoms. The molecule has 1 heterocycles. The number of hydrogen-bond acceptors (Lipinski definition) is 3. The van der Waals surface area contributed by atoms with Crippen LogP contribution in [-0.2, 0) is 18.4 Å². The van der Waals surface area contributed by atoms with E-state index >= 15 is 0 Å². The largest absolute Gasteiger partial charge is 0.352 e. The van der Waals surface area contributed by atoms with Gasteiger partial charge in [-0.2, -0.15) is 5.10 Å². The third kappa shape index (κ3) is 3.43. The lowest BCUT2D eigenvalue weighted by atomic mass is 9.76. The number of nitrogens with one attached hydrogen (secondary N) is 1. The predicted molar refractivity (Wildman–Crippen MR) is 87.8 cm³/mol. The Labute approximate surface area is 143 Å².